The van der Waals surface area contributed by atoms with Crippen LogP contribution in [0, 0.1) is 0 Å². The lowest BCUT2D eigenvalue weighted by Gasteiger charge is -2.18. The van der Waals surface area contributed by atoms with E-state index >= 15 is 0 Å². The van der Waals surface area contributed by atoms with Crippen LogP contribution in [-0.4, -0.2) is 25.1 Å². The second kappa shape index (κ2) is 5.02. The van der Waals surface area contributed by atoms with Crippen LogP contribution in [0.15, 0.2) is 24.4 Å². The van der Waals surface area contributed by atoms with Crippen LogP contribution in [0.25, 0.3) is 10.8 Å². The maximum Gasteiger partial charge on any atom is 0.136 e. The molecule has 1 heterocycles. The Labute approximate surface area is 113 Å². The van der Waals surface area contributed by atoms with Crippen molar-refractivity contribution in [2.75, 3.05) is 24.3 Å². The first-order valence-electron chi connectivity index (χ1n) is 6.01. The number of hydrogen-bond donors (Lipinski definition) is 1. The number of benzene rings is 1. The van der Waals surface area contributed by atoms with Gasteiger partial charge in [0.05, 0.1) is 11.9 Å². The quantitative estimate of drug-likeness (QED) is 0.914. The summed E-state index contributed by atoms with van der Waals surface area (Å²) in [6, 6.07) is 6.26. The van der Waals surface area contributed by atoms with Crippen molar-refractivity contribution in [1.82, 2.24) is 4.98 Å². The molecule has 0 aliphatic rings. The molecule has 96 valence electrons. The highest BCUT2D eigenvalue weighted by atomic mass is 35.5. The maximum atomic E-state index is 6.10. The lowest BCUT2D eigenvalue weighted by molar-refractivity contribution is 0.899. The van der Waals surface area contributed by atoms with E-state index in [4.69, 9.17) is 11.6 Å². The topological polar surface area (TPSA) is 28.2 Å². The molecule has 0 aliphatic carbocycles. The first-order valence-corrected chi connectivity index (χ1v) is 6.39. The molecule has 0 bridgehead atoms. The van der Waals surface area contributed by atoms with Crippen LogP contribution in [0.4, 0.5) is 11.5 Å². The van der Waals surface area contributed by atoms with Gasteiger partial charge in [-0.3, -0.25) is 0 Å². The summed E-state index contributed by atoms with van der Waals surface area (Å²) >= 11 is 6.10. The number of pyridine rings is 1. The standard InChI is InChI=1S/C14H18ClN3/c1-9(2)17-13-8-16-14(18(3)4)11-6-5-10(15)7-12(11)13/h5-9,17H,1-4H3. The van der Waals surface area contributed by atoms with Crippen molar-refractivity contribution < 1.29 is 0 Å². The molecule has 18 heavy (non-hydrogen) atoms. The highest BCUT2D eigenvalue weighted by Crippen LogP contribution is 2.31. The molecule has 0 saturated heterocycles. The summed E-state index contributed by atoms with van der Waals surface area (Å²) in [4.78, 5) is 6.52. The molecule has 0 fully saturated rings. The van der Waals surface area contributed by atoms with Crippen molar-refractivity contribution in [2.45, 2.75) is 19.9 Å². The second-order valence-electron chi connectivity index (χ2n) is 4.88. The van der Waals surface area contributed by atoms with Gasteiger partial charge in [-0.2, -0.15) is 0 Å². The fraction of sp³-hybridized carbons (Fsp3) is 0.357. The number of fused-ring (bicyclic) bond motifs is 1. The Morgan fingerprint density at radius 2 is 1.94 bits per heavy atom. The largest absolute Gasteiger partial charge is 0.381 e. The summed E-state index contributed by atoms with van der Waals surface area (Å²) in [5, 5.41) is 6.36. The average molecular weight is 264 g/mol. The minimum absolute atomic E-state index is 0.360. The molecule has 0 spiro atoms. The Morgan fingerprint density at radius 1 is 1.22 bits per heavy atom. The van der Waals surface area contributed by atoms with Crippen LogP contribution in [0.5, 0.6) is 0 Å². The van der Waals surface area contributed by atoms with Crippen molar-refractivity contribution in [1.29, 1.82) is 0 Å². The van der Waals surface area contributed by atoms with E-state index in [1.54, 1.807) is 0 Å². The van der Waals surface area contributed by atoms with E-state index < -0.39 is 0 Å². The van der Waals surface area contributed by atoms with E-state index in [-0.39, 0.29) is 0 Å². The zero-order valence-corrected chi connectivity index (χ0v) is 11.9. The summed E-state index contributed by atoms with van der Waals surface area (Å²) in [6.45, 7) is 4.21. The fourth-order valence-corrected chi connectivity index (χ4v) is 2.15. The minimum atomic E-state index is 0.360. The first kappa shape index (κ1) is 13.0. The maximum absolute atomic E-state index is 6.10. The van der Waals surface area contributed by atoms with Gasteiger partial charge in [0, 0.05) is 35.9 Å². The summed E-state index contributed by atoms with van der Waals surface area (Å²) in [7, 11) is 3.98. The highest BCUT2D eigenvalue weighted by molar-refractivity contribution is 6.31. The van der Waals surface area contributed by atoms with Gasteiger partial charge in [-0.05, 0) is 32.0 Å². The smallest absolute Gasteiger partial charge is 0.136 e. The number of halogens is 1. The van der Waals surface area contributed by atoms with E-state index in [9.17, 15) is 0 Å². The molecule has 0 radical (unpaired) electrons. The molecule has 2 rings (SSSR count). The number of aromatic nitrogens is 1. The number of nitrogens with zero attached hydrogens (tertiary/aromatic N) is 2. The van der Waals surface area contributed by atoms with Gasteiger partial charge in [-0.25, -0.2) is 4.98 Å². The van der Waals surface area contributed by atoms with E-state index in [0.29, 0.717) is 6.04 Å². The predicted octanol–water partition coefficient (Wildman–Crippen LogP) is 3.77. The van der Waals surface area contributed by atoms with E-state index in [1.807, 2.05) is 43.4 Å². The molecule has 0 atom stereocenters. The van der Waals surface area contributed by atoms with Gasteiger partial charge in [-0.15, -0.1) is 0 Å². The first-order chi connectivity index (χ1) is 8.49. The van der Waals surface area contributed by atoms with Gasteiger partial charge in [0.1, 0.15) is 5.82 Å². The molecule has 1 aromatic heterocycles. The summed E-state index contributed by atoms with van der Waals surface area (Å²) in [6.07, 6.45) is 1.87. The lowest BCUT2D eigenvalue weighted by atomic mass is 10.1. The van der Waals surface area contributed by atoms with Gasteiger partial charge >= 0.3 is 0 Å². The third-order valence-electron chi connectivity index (χ3n) is 2.70. The van der Waals surface area contributed by atoms with Crippen LogP contribution >= 0.6 is 11.6 Å². The molecule has 3 nitrogen and oxygen atoms in total. The number of rotatable bonds is 3. The van der Waals surface area contributed by atoms with Gasteiger partial charge in [0.25, 0.3) is 0 Å². The van der Waals surface area contributed by atoms with E-state index in [2.05, 4.69) is 24.1 Å². The van der Waals surface area contributed by atoms with Crippen molar-refractivity contribution >= 4 is 33.9 Å². The van der Waals surface area contributed by atoms with Crippen LogP contribution < -0.4 is 10.2 Å². The Bertz CT molecular complexity index is 564. The van der Waals surface area contributed by atoms with E-state index in [1.165, 1.54) is 0 Å². The van der Waals surface area contributed by atoms with E-state index in [0.717, 1.165) is 27.3 Å². The average Bonchev–Trinajstić information content (AvgIpc) is 2.28. The molecule has 1 N–H and O–H groups in total. The lowest BCUT2D eigenvalue weighted by Crippen LogP contribution is -2.14. The highest BCUT2D eigenvalue weighted by Gasteiger charge is 2.10. The third-order valence-corrected chi connectivity index (χ3v) is 2.93. The molecule has 0 unspecified atom stereocenters. The van der Waals surface area contributed by atoms with Crippen molar-refractivity contribution in [3.63, 3.8) is 0 Å². The van der Waals surface area contributed by atoms with Gasteiger partial charge < -0.3 is 10.2 Å². The monoisotopic (exact) mass is 263 g/mol. The van der Waals surface area contributed by atoms with Crippen LogP contribution in [0.3, 0.4) is 0 Å². The number of anilines is 2. The van der Waals surface area contributed by atoms with Crippen molar-refractivity contribution in [2.24, 2.45) is 0 Å². The fourth-order valence-electron chi connectivity index (χ4n) is 1.98. The normalized spacial score (nSPS) is 11.0. The predicted molar refractivity (Wildman–Crippen MR) is 79.8 cm³/mol. The molecular formula is C14H18ClN3. The van der Waals surface area contributed by atoms with Crippen molar-refractivity contribution in [3.05, 3.63) is 29.4 Å². The van der Waals surface area contributed by atoms with Gasteiger partial charge in [0.15, 0.2) is 0 Å². The minimum Gasteiger partial charge on any atom is -0.381 e. The zero-order valence-electron chi connectivity index (χ0n) is 11.2. The van der Waals surface area contributed by atoms with Crippen LogP contribution in [0.1, 0.15) is 13.8 Å². The Kier molecular flexibility index (Phi) is 3.62. The van der Waals surface area contributed by atoms with Crippen molar-refractivity contribution in [3.8, 4) is 0 Å². The molecule has 0 amide bonds. The Hall–Kier alpha value is -1.48. The van der Waals surface area contributed by atoms with Gasteiger partial charge in [0.2, 0.25) is 0 Å². The Morgan fingerprint density at radius 3 is 2.56 bits per heavy atom. The third kappa shape index (κ3) is 2.51. The molecule has 4 heteroatoms. The summed E-state index contributed by atoms with van der Waals surface area (Å²) in [5.41, 5.74) is 1.02. The number of nitrogens with one attached hydrogen (secondary N) is 1. The zero-order chi connectivity index (χ0) is 13.3. The van der Waals surface area contributed by atoms with Gasteiger partial charge in [-0.1, -0.05) is 11.6 Å². The second-order valence-corrected chi connectivity index (χ2v) is 5.32. The summed E-state index contributed by atoms with van der Waals surface area (Å²) in [5.74, 6) is 0.955. The van der Waals surface area contributed by atoms with Crippen LogP contribution in [0.2, 0.25) is 5.02 Å². The number of hydrogen-bond acceptors (Lipinski definition) is 3. The summed E-state index contributed by atoms with van der Waals surface area (Å²) < 4.78 is 0. The molecule has 2 aromatic rings. The SMILES string of the molecule is CC(C)Nc1cnc(N(C)C)c2ccc(Cl)cc12. The Balaban J connectivity index is 2.67. The van der Waals surface area contributed by atoms with Crippen LogP contribution in [-0.2, 0) is 0 Å². The molecular weight excluding hydrogens is 246 g/mol. The molecule has 1 aromatic carbocycles. The molecule has 0 aliphatic heterocycles. The molecule has 0 saturated carbocycles.